The molecule has 1 aromatic rings. The van der Waals surface area contributed by atoms with E-state index in [4.69, 9.17) is 4.74 Å². The van der Waals surface area contributed by atoms with Crippen LogP contribution in [0.3, 0.4) is 0 Å². The van der Waals surface area contributed by atoms with Gasteiger partial charge in [0.25, 0.3) is 0 Å². The molecule has 94 valence electrons. The van der Waals surface area contributed by atoms with E-state index >= 15 is 0 Å². The Labute approximate surface area is 118 Å². The fourth-order valence-electron chi connectivity index (χ4n) is 1.19. The van der Waals surface area contributed by atoms with Crippen molar-refractivity contribution >= 4 is 44.3 Å². The second-order valence-electron chi connectivity index (χ2n) is 3.09. The number of carbonyl (C=O) groups excluding carboxylic acids is 1. The van der Waals surface area contributed by atoms with Gasteiger partial charge in [0.2, 0.25) is 0 Å². The molecule has 0 amide bonds. The Bertz CT molecular complexity index is 446. The molecule has 0 radical (unpaired) electrons. The summed E-state index contributed by atoms with van der Waals surface area (Å²) in [5.41, 5.74) is -0.881. The number of hydrogen-bond acceptors (Lipinski definition) is 2. The maximum absolute atomic E-state index is 12.7. The molecule has 0 heterocycles. The minimum atomic E-state index is -4.51. The summed E-state index contributed by atoms with van der Waals surface area (Å²) in [4.78, 5) is 11.4. The van der Waals surface area contributed by atoms with Crippen molar-refractivity contribution in [2.45, 2.75) is 6.18 Å². The number of methoxy groups -OCH3 is 1. The summed E-state index contributed by atoms with van der Waals surface area (Å²) in [6, 6.07) is 2.15. The quantitative estimate of drug-likeness (QED) is 0.419. The van der Waals surface area contributed by atoms with Crippen LogP contribution in [-0.4, -0.2) is 18.2 Å². The topological polar surface area (TPSA) is 26.3 Å². The van der Waals surface area contributed by atoms with Crippen LogP contribution in [0.1, 0.15) is 15.9 Å². The van der Waals surface area contributed by atoms with Gasteiger partial charge in [-0.05, 0) is 34.7 Å². The van der Waals surface area contributed by atoms with Crippen LogP contribution < -0.4 is 4.74 Å². The molecule has 1 rings (SSSR count). The Kier molecular flexibility index (Phi) is 4.82. The summed E-state index contributed by atoms with van der Waals surface area (Å²) < 4.78 is 43.0. The number of benzene rings is 1. The van der Waals surface area contributed by atoms with Crippen LogP contribution in [0.25, 0.3) is 0 Å². The zero-order valence-electron chi connectivity index (χ0n) is 8.57. The van der Waals surface area contributed by atoms with Gasteiger partial charge in [-0.15, -0.1) is 0 Å². The summed E-state index contributed by atoms with van der Waals surface area (Å²) in [7, 11) is 1.26. The molecule has 17 heavy (non-hydrogen) atoms. The molecule has 2 nitrogen and oxygen atoms in total. The van der Waals surface area contributed by atoms with Crippen LogP contribution in [-0.2, 0) is 6.18 Å². The van der Waals surface area contributed by atoms with Gasteiger partial charge in [0.15, 0.2) is 5.78 Å². The average Bonchev–Trinajstić information content (AvgIpc) is 2.26. The van der Waals surface area contributed by atoms with E-state index in [9.17, 15) is 18.0 Å². The zero-order valence-corrected chi connectivity index (χ0v) is 12.3. The Morgan fingerprint density at radius 2 is 2.06 bits per heavy atom. The number of halogens is 5. The lowest BCUT2D eigenvalue weighted by Gasteiger charge is -2.13. The number of Topliss-reactive ketones (excluding diaryl/α,β-unsaturated/α-hetero) is 1. The molecule has 0 bridgehead atoms. The SMILES string of the molecule is COc1cc(C(=O)CBr)cc(C(F)(F)F)c1I. The van der Waals surface area contributed by atoms with Crippen LogP contribution in [0.15, 0.2) is 12.1 Å². The first-order chi connectivity index (χ1) is 7.81. The largest absolute Gasteiger partial charge is 0.496 e. The maximum atomic E-state index is 12.7. The molecule has 0 saturated carbocycles. The first-order valence-electron chi connectivity index (χ1n) is 4.35. The molecule has 0 aliphatic heterocycles. The molecule has 0 N–H and O–H groups in total. The van der Waals surface area contributed by atoms with E-state index in [2.05, 4.69) is 15.9 Å². The third-order valence-corrected chi connectivity index (χ3v) is 3.63. The molecule has 0 saturated heterocycles. The van der Waals surface area contributed by atoms with Crippen LogP contribution >= 0.6 is 38.5 Å². The van der Waals surface area contributed by atoms with E-state index in [0.717, 1.165) is 6.07 Å². The van der Waals surface area contributed by atoms with E-state index in [1.807, 2.05) is 0 Å². The van der Waals surface area contributed by atoms with Gasteiger partial charge < -0.3 is 4.74 Å². The molecule has 0 unspecified atom stereocenters. The van der Waals surface area contributed by atoms with Crippen molar-refractivity contribution in [3.8, 4) is 5.75 Å². The lowest BCUT2D eigenvalue weighted by atomic mass is 10.1. The highest BCUT2D eigenvalue weighted by atomic mass is 127. The number of alkyl halides is 4. The van der Waals surface area contributed by atoms with Gasteiger partial charge in [0, 0.05) is 5.56 Å². The lowest BCUT2D eigenvalue weighted by molar-refractivity contribution is -0.138. The monoisotopic (exact) mass is 422 g/mol. The lowest BCUT2D eigenvalue weighted by Crippen LogP contribution is -2.11. The third kappa shape index (κ3) is 3.34. The van der Waals surface area contributed by atoms with Crippen molar-refractivity contribution < 1.29 is 22.7 Å². The van der Waals surface area contributed by atoms with Crippen molar-refractivity contribution in [1.82, 2.24) is 0 Å². The molecule has 0 spiro atoms. The van der Waals surface area contributed by atoms with Gasteiger partial charge in [0.1, 0.15) is 5.75 Å². The average molecular weight is 423 g/mol. The zero-order chi connectivity index (χ0) is 13.2. The summed E-state index contributed by atoms with van der Waals surface area (Å²) in [6.45, 7) is 0. The molecular weight excluding hydrogens is 416 g/mol. The van der Waals surface area contributed by atoms with Crippen molar-refractivity contribution in [3.05, 3.63) is 26.8 Å². The Balaban J connectivity index is 3.44. The van der Waals surface area contributed by atoms with Gasteiger partial charge >= 0.3 is 6.18 Å². The van der Waals surface area contributed by atoms with Gasteiger partial charge in [-0.2, -0.15) is 13.2 Å². The van der Waals surface area contributed by atoms with Gasteiger partial charge in [-0.25, -0.2) is 0 Å². The Hall–Kier alpha value is -0.310. The Morgan fingerprint density at radius 3 is 2.47 bits per heavy atom. The molecule has 0 aliphatic rings. The number of rotatable bonds is 3. The van der Waals surface area contributed by atoms with Crippen molar-refractivity contribution in [3.63, 3.8) is 0 Å². The van der Waals surface area contributed by atoms with Crippen LogP contribution in [0.2, 0.25) is 0 Å². The number of hydrogen-bond donors (Lipinski definition) is 0. The molecule has 0 aliphatic carbocycles. The summed E-state index contributed by atoms with van der Waals surface area (Å²) in [5, 5.41) is -0.0337. The second kappa shape index (κ2) is 5.55. The number of ether oxygens (including phenoxy) is 1. The van der Waals surface area contributed by atoms with E-state index < -0.39 is 17.5 Å². The van der Waals surface area contributed by atoms with Gasteiger partial charge in [-0.3, -0.25) is 4.79 Å². The summed E-state index contributed by atoms with van der Waals surface area (Å²) in [6.07, 6.45) is -4.51. The smallest absolute Gasteiger partial charge is 0.417 e. The first-order valence-corrected chi connectivity index (χ1v) is 6.55. The van der Waals surface area contributed by atoms with Crippen molar-refractivity contribution in [2.75, 3.05) is 12.4 Å². The predicted molar refractivity (Wildman–Crippen MR) is 68.8 cm³/mol. The van der Waals surface area contributed by atoms with Crippen LogP contribution in [0.4, 0.5) is 13.2 Å². The van der Waals surface area contributed by atoms with E-state index in [0.29, 0.717) is 0 Å². The van der Waals surface area contributed by atoms with Gasteiger partial charge in [0.05, 0.1) is 21.6 Å². The minimum absolute atomic E-state index is 0.0218. The van der Waals surface area contributed by atoms with Gasteiger partial charge in [-0.1, -0.05) is 15.9 Å². The minimum Gasteiger partial charge on any atom is -0.496 e. The van der Waals surface area contributed by atoms with E-state index in [1.54, 1.807) is 22.6 Å². The highest BCUT2D eigenvalue weighted by Crippen LogP contribution is 2.38. The molecular formula is C10H7BrF3IO2. The normalized spacial score (nSPS) is 11.4. The third-order valence-electron chi connectivity index (χ3n) is 2.01. The Morgan fingerprint density at radius 1 is 1.47 bits per heavy atom. The summed E-state index contributed by atoms with van der Waals surface area (Å²) in [5.74, 6) is -0.380. The van der Waals surface area contributed by atoms with E-state index in [1.165, 1.54) is 13.2 Å². The van der Waals surface area contributed by atoms with Crippen LogP contribution in [0.5, 0.6) is 5.75 Å². The highest BCUT2D eigenvalue weighted by Gasteiger charge is 2.35. The molecule has 0 aromatic heterocycles. The van der Waals surface area contributed by atoms with Crippen molar-refractivity contribution in [2.24, 2.45) is 0 Å². The fourth-order valence-corrected chi connectivity index (χ4v) is 2.35. The first kappa shape index (κ1) is 14.7. The summed E-state index contributed by atoms with van der Waals surface area (Å²) >= 11 is 4.47. The van der Waals surface area contributed by atoms with E-state index in [-0.39, 0.29) is 20.2 Å². The predicted octanol–water partition coefficient (Wildman–Crippen LogP) is 3.90. The molecule has 0 atom stereocenters. The highest BCUT2D eigenvalue weighted by molar-refractivity contribution is 14.1. The molecule has 1 aromatic carbocycles. The molecule has 0 fully saturated rings. The number of carbonyl (C=O) groups is 1. The standard InChI is InChI=1S/C10H7BrF3IO2/c1-17-8-3-5(7(16)4-11)2-6(9(8)15)10(12,13)14/h2-3H,4H2,1H3. The maximum Gasteiger partial charge on any atom is 0.417 e. The number of ketones is 1. The molecule has 7 heteroatoms. The van der Waals surface area contributed by atoms with Crippen LogP contribution in [0, 0.1) is 3.57 Å². The second-order valence-corrected chi connectivity index (χ2v) is 4.73. The van der Waals surface area contributed by atoms with Crippen molar-refractivity contribution in [1.29, 1.82) is 0 Å². The fraction of sp³-hybridized carbons (Fsp3) is 0.300.